The van der Waals surface area contributed by atoms with Gasteiger partial charge in [-0.3, -0.25) is 9.59 Å². The Labute approximate surface area is 116 Å². The van der Waals surface area contributed by atoms with Crippen molar-refractivity contribution in [2.45, 2.75) is 64.7 Å². The summed E-state index contributed by atoms with van der Waals surface area (Å²) in [6.45, 7) is 3.43. The number of likely N-dealkylation sites (tertiary alicyclic amines) is 1. The Hall–Kier alpha value is -1.06. The third kappa shape index (κ3) is 6.08. The number of aliphatic carboxylic acids is 1. The Morgan fingerprint density at radius 1 is 1.05 bits per heavy atom. The van der Waals surface area contributed by atoms with E-state index in [1.165, 1.54) is 25.7 Å². The van der Waals surface area contributed by atoms with Crippen molar-refractivity contribution in [2.24, 2.45) is 5.92 Å². The standard InChI is InChI=1S/C15H27NO3/c1-2-3-4-5-6-7-8-14(17)16-11-9-13(10-12-16)15(18)19/h13H,2-12H2,1H3,(H,18,19). The number of amides is 1. The lowest BCUT2D eigenvalue weighted by molar-refractivity contribution is -0.145. The van der Waals surface area contributed by atoms with E-state index in [-0.39, 0.29) is 11.8 Å². The van der Waals surface area contributed by atoms with Crippen molar-refractivity contribution < 1.29 is 14.7 Å². The van der Waals surface area contributed by atoms with E-state index in [1.807, 2.05) is 4.90 Å². The van der Waals surface area contributed by atoms with Gasteiger partial charge in [-0.2, -0.15) is 0 Å². The molecule has 0 aliphatic carbocycles. The van der Waals surface area contributed by atoms with Gasteiger partial charge in [-0.15, -0.1) is 0 Å². The van der Waals surface area contributed by atoms with Crippen molar-refractivity contribution in [3.63, 3.8) is 0 Å². The maximum absolute atomic E-state index is 11.9. The van der Waals surface area contributed by atoms with Gasteiger partial charge in [0.25, 0.3) is 0 Å². The SMILES string of the molecule is CCCCCCCCC(=O)N1CCC(C(=O)O)CC1. The lowest BCUT2D eigenvalue weighted by atomic mass is 9.97. The maximum atomic E-state index is 11.9. The van der Waals surface area contributed by atoms with Crippen LogP contribution in [0.1, 0.15) is 64.7 Å². The summed E-state index contributed by atoms with van der Waals surface area (Å²) in [5.74, 6) is -0.763. The lowest BCUT2D eigenvalue weighted by Crippen LogP contribution is -2.40. The number of hydrogen-bond donors (Lipinski definition) is 1. The molecule has 1 heterocycles. The Bertz CT molecular complexity index is 283. The molecule has 1 aliphatic rings. The second kappa shape index (κ2) is 8.94. The third-order valence-electron chi connectivity index (χ3n) is 3.94. The second-order valence-corrected chi connectivity index (χ2v) is 5.51. The van der Waals surface area contributed by atoms with E-state index in [2.05, 4.69) is 6.92 Å². The van der Waals surface area contributed by atoms with Crippen molar-refractivity contribution in [1.29, 1.82) is 0 Å². The molecule has 0 saturated carbocycles. The summed E-state index contributed by atoms with van der Waals surface area (Å²) in [4.78, 5) is 24.6. The Morgan fingerprint density at radius 2 is 1.63 bits per heavy atom. The van der Waals surface area contributed by atoms with Crippen LogP contribution >= 0.6 is 0 Å². The van der Waals surface area contributed by atoms with E-state index in [9.17, 15) is 9.59 Å². The van der Waals surface area contributed by atoms with Crippen LogP contribution < -0.4 is 0 Å². The second-order valence-electron chi connectivity index (χ2n) is 5.51. The smallest absolute Gasteiger partial charge is 0.306 e. The minimum absolute atomic E-state index is 0.208. The summed E-state index contributed by atoms with van der Waals surface area (Å²) < 4.78 is 0. The van der Waals surface area contributed by atoms with E-state index >= 15 is 0 Å². The lowest BCUT2D eigenvalue weighted by Gasteiger charge is -2.30. The quantitative estimate of drug-likeness (QED) is 0.689. The van der Waals surface area contributed by atoms with Crippen molar-refractivity contribution in [2.75, 3.05) is 13.1 Å². The fraction of sp³-hybridized carbons (Fsp3) is 0.867. The molecule has 0 aromatic carbocycles. The number of piperidine rings is 1. The molecule has 1 saturated heterocycles. The van der Waals surface area contributed by atoms with Crippen LogP contribution in [0.25, 0.3) is 0 Å². The molecular weight excluding hydrogens is 242 g/mol. The highest BCUT2D eigenvalue weighted by Gasteiger charge is 2.26. The first kappa shape index (κ1) is 16.0. The van der Waals surface area contributed by atoms with Crippen LogP contribution in [-0.2, 0) is 9.59 Å². The van der Waals surface area contributed by atoms with Gasteiger partial charge in [0.1, 0.15) is 0 Å². The minimum Gasteiger partial charge on any atom is -0.481 e. The maximum Gasteiger partial charge on any atom is 0.306 e. The molecular formula is C15H27NO3. The largest absolute Gasteiger partial charge is 0.481 e. The molecule has 0 radical (unpaired) electrons. The van der Waals surface area contributed by atoms with Gasteiger partial charge in [0.05, 0.1) is 5.92 Å². The average Bonchev–Trinajstić information content (AvgIpc) is 2.42. The molecule has 1 fully saturated rings. The van der Waals surface area contributed by atoms with Crippen molar-refractivity contribution in [1.82, 2.24) is 4.90 Å². The van der Waals surface area contributed by atoms with Crippen LogP contribution in [0.5, 0.6) is 0 Å². The van der Waals surface area contributed by atoms with Crippen molar-refractivity contribution >= 4 is 11.9 Å². The summed E-state index contributed by atoms with van der Waals surface area (Å²) in [6.07, 6.45) is 8.99. The Morgan fingerprint density at radius 3 is 2.21 bits per heavy atom. The number of hydrogen-bond acceptors (Lipinski definition) is 2. The molecule has 0 atom stereocenters. The van der Waals surface area contributed by atoms with Crippen molar-refractivity contribution in [3.05, 3.63) is 0 Å². The Balaban J connectivity index is 2.09. The van der Waals surface area contributed by atoms with E-state index in [1.54, 1.807) is 0 Å². The topological polar surface area (TPSA) is 57.6 Å². The summed E-state index contributed by atoms with van der Waals surface area (Å²) in [7, 11) is 0. The molecule has 4 heteroatoms. The fourth-order valence-electron chi connectivity index (χ4n) is 2.59. The zero-order chi connectivity index (χ0) is 14.1. The number of carboxylic acids is 1. The molecule has 1 rings (SSSR count). The monoisotopic (exact) mass is 269 g/mol. The molecule has 1 N–H and O–H groups in total. The van der Waals surface area contributed by atoms with E-state index < -0.39 is 5.97 Å². The first-order valence-corrected chi connectivity index (χ1v) is 7.65. The summed E-state index contributed by atoms with van der Waals surface area (Å²) in [6, 6.07) is 0. The number of carbonyl (C=O) groups excluding carboxylic acids is 1. The summed E-state index contributed by atoms with van der Waals surface area (Å²) in [5, 5.41) is 8.90. The predicted octanol–water partition coefficient (Wildman–Crippen LogP) is 3.06. The first-order chi connectivity index (χ1) is 9.15. The predicted molar refractivity (Wildman–Crippen MR) is 74.9 cm³/mol. The highest BCUT2D eigenvalue weighted by atomic mass is 16.4. The van der Waals surface area contributed by atoms with Crippen LogP contribution in [0, 0.1) is 5.92 Å². The van der Waals surface area contributed by atoms with Crippen LogP contribution in [0.4, 0.5) is 0 Å². The van der Waals surface area contributed by atoms with Gasteiger partial charge in [0.2, 0.25) is 5.91 Å². The number of nitrogens with zero attached hydrogens (tertiary/aromatic N) is 1. The first-order valence-electron chi connectivity index (χ1n) is 7.65. The zero-order valence-electron chi connectivity index (χ0n) is 12.1. The number of rotatable bonds is 8. The number of carbonyl (C=O) groups is 2. The van der Waals surface area contributed by atoms with Crippen LogP contribution in [0.15, 0.2) is 0 Å². The molecule has 0 spiro atoms. The van der Waals surface area contributed by atoms with Gasteiger partial charge in [-0.25, -0.2) is 0 Å². The molecule has 1 amide bonds. The Kier molecular flexibility index (Phi) is 7.53. The van der Waals surface area contributed by atoms with E-state index in [4.69, 9.17) is 5.11 Å². The number of unbranched alkanes of at least 4 members (excludes halogenated alkanes) is 5. The highest BCUT2D eigenvalue weighted by Crippen LogP contribution is 2.18. The highest BCUT2D eigenvalue weighted by molar-refractivity contribution is 5.77. The number of carboxylic acid groups (broad SMARTS) is 1. The van der Waals surface area contributed by atoms with Crippen LogP contribution in [-0.4, -0.2) is 35.0 Å². The molecule has 0 unspecified atom stereocenters. The van der Waals surface area contributed by atoms with Gasteiger partial charge in [-0.1, -0.05) is 39.0 Å². The average molecular weight is 269 g/mol. The molecule has 0 bridgehead atoms. The molecule has 110 valence electrons. The molecule has 4 nitrogen and oxygen atoms in total. The van der Waals surface area contributed by atoms with Gasteiger partial charge >= 0.3 is 5.97 Å². The van der Waals surface area contributed by atoms with Crippen molar-refractivity contribution in [3.8, 4) is 0 Å². The third-order valence-corrected chi connectivity index (χ3v) is 3.94. The summed E-state index contributed by atoms with van der Waals surface area (Å²) in [5.41, 5.74) is 0. The molecule has 0 aromatic heterocycles. The van der Waals surface area contributed by atoms with Gasteiger partial charge in [0.15, 0.2) is 0 Å². The zero-order valence-corrected chi connectivity index (χ0v) is 12.1. The normalized spacial score (nSPS) is 16.6. The van der Waals surface area contributed by atoms with Crippen LogP contribution in [0.3, 0.4) is 0 Å². The fourth-order valence-corrected chi connectivity index (χ4v) is 2.59. The molecule has 19 heavy (non-hydrogen) atoms. The molecule has 1 aliphatic heterocycles. The van der Waals surface area contributed by atoms with E-state index in [0.717, 1.165) is 12.8 Å². The minimum atomic E-state index is -0.719. The van der Waals surface area contributed by atoms with Gasteiger partial charge in [-0.05, 0) is 19.3 Å². The van der Waals surface area contributed by atoms with Crippen LogP contribution in [0.2, 0.25) is 0 Å². The molecule has 0 aromatic rings. The van der Waals surface area contributed by atoms with E-state index in [0.29, 0.717) is 32.4 Å². The van der Waals surface area contributed by atoms with Gasteiger partial charge < -0.3 is 10.0 Å². The summed E-state index contributed by atoms with van der Waals surface area (Å²) >= 11 is 0. The van der Waals surface area contributed by atoms with Gasteiger partial charge in [0, 0.05) is 19.5 Å².